The summed E-state index contributed by atoms with van der Waals surface area (Å²) in [4.78, 5) is 31.8. The van der Waals surface area contributed by atoms with Crippen molar-refractivity contribution in [2.75, 3.05) is 17.7 Å². The van der Waals surface area contributed by atoms with E-state index in [-0.39, 0.29) is 23.8 Å². The second-order valence-corrected chi connectivity index (χ2v) is 6.56. The Balaban J connectivity index is 1.95. The summed E-state index contributed by atoms with van der Waals surface area (Å²) in [7, 11) is 0. The number of aromatic nitrogens is 2. The highest BCUT2D eigenvalue weighted by Gasteiger charge is 2.30. The summed E-state index contributed by atoms with van der Waals surface area (Å²) in [5, 5.41) is 3.08. The average Bonchev–Trinajstić information content (AvgIpc) is 2.64. The highest BCUT2D eigenvalue weighted by Crippen LogP contribution is 2.35. The van der Waals surface area contributed by atoms with Gasteiger partial charge in [0.05, 0.1) is 11.3 Å². The van der Waals surface area contributed by atoms with Gasteiger partial charge in [0.25, 0.3) is 5.56 Å². The van der Waals surface area contributed by atoms with Crippen LogP contribution in [0.3, 0.4) is 0 Å². The van der Waals surface area contributed by atoms with Crippen LogP contribution in [0.2, 0.25) is 0 Å². The third kappa shape index (κ3) is 3.81. The smallest absolute Gasteiger partial charge is 0.257 e. The van der Waals surface area contributed by atoms with Crippen LogP contribution >= 0.6 is 11.8 Å². The van der Waals surface area contributed by atoms with E-state index >= 15 is 0 Å². The third-order valence-corrected chi connectivity index (χ3v) is 4.65. The van der Waals surface area contributed by atoms with Gasteiger partial charge in [-0.25, -0.2) is 4.98 Å². The van der Waals surface area contributed by atoms with Gasteiger partial charge >= 0.3 is 0 Å². The van der Waals surface area contributed by atoms with Gasteiger partial charge in [0.2, 0.25) is 5.91 Å². The number of H-pyrrole nitrogens is 1. The van der Waals surface area contributed by atoms with Gasteiger partial charge in [0.15, 0.2) is 5.16 Å². The fraction of sp³-hybridized carbons (Fsp3) is 0.211. The first-order valence-corrected chi connectivity index (χ1v) is 8.95. The van der Waals surface area contributed by atoms with Crippen molar-refractivity contribution in [3.8, 4) is 18.1 Å². The Kier molecular flexibility index (Phi) is 5.44. The predicted octanol–water partition coefficient (Wildman–Crippen LogP) is 2.53. The zero-order chi connectivity index (χ0) is 18.5. The molecule has 0 bridgehead atoms. The Morgan fingerprint density at radius 2 is 2.15 bits per heavy atom. The summed E-state index contributed by atoms with van der Waals surface area (Å²) in [5.41, 5.74) is 1.03. The standard InChI is InChI=1S/C19H17N3O3S/c1-3-9-25-13-7-5-12(6-8-13)14-11-15(23)20-17-16(14)18(24)22-19(21-17)26-10-4-2/h2-3,5-8,14H,1,9-11H2,(H2,20,21,22,23,24). The van der Waals surface area contributed by atoms with Crippen LogP contribution in [0.25, 0.3) is 0 Å². The van der Waals surface area contributed by atoms with E-state index in [4.69, 9.17) is 11.2 Å². The molecule has 0 saturated carbocycles. The molecule has 1 aliphatic heterocycles. The molecule has 2 aromatic rings. The quantitative estimate of drug-likeness (QED) is 0.355. The van der Waals surface area contributed by atoms with Crippen LogP contribution in [0, 0.1) is 12.3 Å². The molecule has 0 spiro atoms. The second-order valence-electron chi connectivity index (χ2n) is 5.60. The zero-order valence-electron chi connectivity index (χ0n) is 14.0. The second kappa shape index (κ2) is 7.93. The average molecular weight is 367 g/mol. The summed E-state index contributed by atoms with van der Waals surface area (Å²) in [5.74, 6) is 3.30. The summed E-state index contributed by atoms with van der Waals surface area (Å²) >= 11 is 1.24. The molecule has 0 saturated heterocycles. The SMILES string of the molecule is C#CCSc1nc2c(c(=O)[nH]1)C(c1ccc(OCC=C)cc1)CC(=O)N2. The van der Waals surface area contributed by atoms with Gasteiger partial charge in [0.1, 0.15) is 18.2 Å². The lowest BCUT2D eigenvalue weighted by molar-refractivity contribution is -0.116. The molecule has 26 heavy (non-hydrogen) atoms. The van der Waals surface area contributed by atoms with Crippen LogP contribution in [-0.2, 0) is 4.79 Å². The Morgan fingerprint density at radius 1 is 1.38 bits per heavy atom. The van der Waals surface area contributed by atoms with Crippen molar-refractivity contribution in [2.24, 2.45) is 0 Å². The number of ether oxygens (including phenoxy) is 1. The number of rotatable bonds is 6. The highest BCUT2D eigenvalue weighted by molar-refractivity contribution is 7.99. The van der Waals surface area contributed by atoms with Gasteiger partial charge in [-0.15, -0.1) is 6.42 Å². The number of carbonyl (C=O) groups excluding carboxylic acids is 1. The van der Waals surface area contributed by atoms with E-state index in [0.29, 0.717) is 34.6 Å². The molecule has 3 rings (SSSR count). The lowest BCUT2D eigenvalue weighted by atomic mass is 9.87. The van der Waals surface area contributed by atoms with Gasteiger partial charge < -0.3 is 15.0 Å². The molecule has 6 nitrogen and oxygen atoms in total. The molecule has 1 atom stereocenters. The van der Waals surface area contributed by atoms with Crippen LogP contribution in [0.15, 0.2) is 46.9 Å². The van der Waals surface area contributed by atoms with E-state index in [0.717, 1.165) is 5.56 Å². The molecule has 1 aromatic heterocycles. The molecule has 0 aliphatic carbocycles. The van der Waals surface area contributed by atoms with E-state index in [1.54, 1.807) is 6.08 Å². The summed E-state index contributed by atoms with van der Waals surface area (Å²) in [6.45, 7) is 4.02. The lowest BCUT2D eigenvalue weighted by Crippen LogP contribution is -2.31. The molecule has 132 valence electrons. The molecule has 7 heteroatoms. The minimum Gasteiger partial charge on any atom is -0.490 e. The largest absolute Gasteiger partial charge is 0.490 e. The molecule has 1 aliphatic rings. The first kappa shape index (κ1) is 17.8. The number of hydrogen-bond acceptors (Lipinski definition) is 5. The molecule has 1 amide bonds. The Morgan fingerprint density at radius 3 is 2.85 bits per heavy atom. The fourth-order valence-electron chi connectivity index (χ4n) is 2.77. The van der Waals surface area contributed by atoms with Crippen LogP contribution in [0.5, 0.6) is 5.75 Å². The van der Waals surface area contributed by atoms with E-state index in [2.05, 4.69) is 27.8 Å². The van der Waals surface area contributed by atoms with E-state index in [1.165, 1.54) is 11.8 Å². The number of thioether (sulfide) groups is 1. The van der Waals surface area contributed by atoms with Gasteiger partial charge in [-0.2, -0.15) is 0 Å². The van der Waals surface area contributed by atoms with Crippen molar-refractivity contribution in [3.63, 3.8) is 0 Å². The summed E-state index contributed by atoms with van der Waals surface area (Å²) in [6, 6.07) is 7.32. The minimum atomic E-state index is -0.366. The van der Waals surface area contributed by atoms with Gasteiger partial charge in [-0.05, 0) is 17.7 Å². The molecule has 1 unspecified atom stereocenters. The maximum absolute atomic E-state index is 12.6. The Bertz CT molecular complexity index is 929. The maximum atomic E-state index is 12.6. The first-order valence-electron chi connectivity index (χ1n) is 7.96. The van der Waals surface area contributed by atoms with Crippen LogP contribution < -0.4 is 15.6 Å². The highest BCUT2D eigenvalue weighted by atomic mass is 32.2. The minimum absolute atomic E-state index is 0.180. The third-order valence-electron chi connectivity index (χ3n) is 3.87. The van der Waals surface area contributed by atoms with Crippen LogP contribution in [0.4, 0.5) is 5.82 Å². The molecule has 0 radical (unpaired) electrons. The van der Waals surface area contributed by atoms with Crippen LogP contribution in [-0.4, -0.2) is 28.2 Å². The number of anilines is 1. The van der Waals surface area contributed by atoms with E-state index in [9.17, 15) is 9.59 Å². The fourth-order valence-corrected chi connectivity index (χ4v) is 3.31. The number of hydrogen-bond donors (Lipinski definition) is 2. The number of amides is 1. The number of terminal acetylenes is 1. The van der Waals surface area contributed by atoms with E-state index < -0.39 is 0 Å². The molecular formula is C19H17N3O3S. The molecule has 2 heterocycles. The molecule has 0 fully saturated rings. The maximum Gasteiger partial charge on any atom is 0.257 e. The van der Waals surface area contributed by atoms with Crippen molar-refractivity contribution >= 4 is 23.5 Å². The Labute approximate surface area is 155 Å². The number of nitrogens with zero attached hydrogens (tertiary/aromatic N) is 1. The lowest BCUT2D eigenvalue weighted by Gasteiger charge is -2.24. The van der Waals surface area contributed by atoms with Crippen LogP contribution in [0.1, 0.15) is 23.5 Å². The van der Waals surface area contributed by atoms with Gasteiger partial charge in [-0.3, -0.25) is 9.59 Å². The summed E-state index contributed by atoms with van der Waals surface area (Å²) < 4.78 is 5.47. The monoisotopic (exact) mass is 367 g/mol. The number of nitrogens with one attached hydrogen (secondary N) is 2. The predicted molar refractivity (Wildman–Crippen MR) is 102 cm³/mol. The van der Waals surface area contributed by atoms with Gasteiger partial charge in [-0.1, -0.05) is 42.5 Å². The van der Waals surface area contributed by atoms with Crippen molar-refractivity contribution in [3.05, 3.63) is 58.4 Å². The van der Waals surface area contributed by atoms with Gasteiger partial charge in [0, 0.05) is 12.3 Å². The normalized spacial score (nSPS) is 15.5. The van der Waals surface area contributed by atoms with Crippen molar-refractivity contribution in [2.45, 2.75) is 17.5 Å². The topological polar surface area (TPSA) is 84.1 Å². The number of aromatic amines is 1. The van der Waals surface area contributed by atoms with E-state index in [1.807, 2.05) is 24.3 Å². The molecular weight excluding hydrogens is 350 g/mol. The Hall–Kier alpha value is -2.98. The summed E-state index contributed by atoms with van der Waals surface area (Å²) in [6.07, 6.45) is 7.08. The van der Waals surface area contributed by atoms with Crippen molar-refractivity contribution in [1.29, 1.82) is 0 Å². The first-order chi connectivity index (χ1) is 12.6. The zero-order valence-corrected chi connectivity index (χ0v) is 14.8. The van der Waals surface area contributed by atoms with Crippen molar-refractivity contribution in [1.82, 2.24) is 9.97 Å². The molecule has 2 N–H and O–H groups in total. The number of fused-ring (bicyclic) bond motifs is 1. The van der Waals surface area contributed by atoms with Crippen molar-refractivity contribution < 1.29 is 9.53 Å². The number of carbonyl (C=O) groups is 1. The molecule has 1 aromatic carbocycles. The number of benzene rings is 1.